The number of hydrogen-bond donors (Lipinski definition) is 8. The number of ether oxygens (including phenoxy) is 2. The molecule has 9 atom stereocenters. The van der Waals surface area contributed by atoms with E-state index in [0.717, 1.165) is 32.1 Å². The average Bonchev–Trinajstić information content (AvgIpc) is 3.29. The van der Waals surface area contributed by atoms with Crippen LogP contribution >= 0.6 is 15.6 Å². The highest BCUT2D eigenvalue weighted by molar-refractivity contribution is 7.47. The number of hydrogen-bond acceptors (Lipinski definition) is 14. The summed E-state index contributed by atoms with van der Waals surface area (Å²) in [6.07, 6.45) is 32.3. The summed E-state index contributed by atoms with van der Waals surface area (Å²) >= 11 is 0. The Kier molecular flexibility index (Phi) is 35.4. The molecular weight excluding hydrogens is 922 g/mol. The molecule has 1 fully saturated rings. The molecule has 0 aromatic carbocycles. The standard InChI is InChI=1S/C49H78O17P2/c1-3-5-7-9-11-12-13-14-15-16-17-22-25-29-33-37-43(52)64-41(39-63-68(60,61)66-49-46(55)44(53)45(54)48(47(49)56)65-67(57,58)59)38-62-42(51)36-32-28-24-21-19-18-20-23-27-31-35-40(50)34-30-26-10-8-6-4-2/h6,8,11-12,14-15,17-19,22-24,26-28,30-31,35,40-41,44-50,53-56H,3-5,7,9-10,13,16,20-21,25,29,32-34,36-39H2,1-2H3,(H,60,61)(H2,57,58,59)/b8-6-,12-11-,15-14-,19-18-,22-17-,27-23-,28-24-,30-26-,35-31+/t40?,41-,44?,45?,46?,47?,48-,49+/m1/s1. The van der Waals surface area contributed by atoms with Gasteiger partial charge in [0.1, 0.15) is 43.2 Å². The third kappa shape index (κ3) is 32.4. The number of rotatable bonds is 37. The molecule has 1 aliphatic carbocycles. The van der Waals surface area contributed by atoms with Crippen LogP contribution in [0.2, 0.25) is 0 Å². The van der Waals surface area contributed by atoms with Gasteiger partial charge in [-0.2, -0.15) is 0 Å². The van der Waals surface area contributed by atoms with Gasteiger partial charge in [-0.1, -0.05) is 136 Å². The van der Waals surface area contributed by atoms with Crippen molar-refractivity contribution in [2.45, 2.75) is 172 Å². The molecule has 0 heterocycles. The van der Waals surface area contributed by atoms with Gasteiger partial charge in [-0.25, -0.2) is 9.13 Å². The molecule has 0 aromatic heterocycles. The van der Waals surface area contributed by atoms with Crippen LogP contribution in [0.1, 0.15) is 123 Å². The van der Waals surface area contributed by atoms with Gasteiger partial charge in [0.25, 0.3) is 0 Å². The monoisotopic (exact) mass is 1000 g/mol. The topological polar surface area (TPSA) is 276 Å². The molecule has 6 unspecified atom stereocenters. The van der Waals surface area contributed by atoms with Crippen molar-refractivity contribution < 1.29 is 82.0 Å². The second kappa shape index (κ2) is 38.4. The zero-order valence-electron chi connectivity index (χ0n) is 39.6. The average molecular weight is 1000 g/mol. The van der Waals surface area contributed by atoms with Crippen LogP contribution in [-0.4, -0.2) is 114 Å². The lowest BCUT2D eigenvalue weighted by Crippen LogP contribution is -2.64. The lowest BCUT2D eigenvalue weighted by Gasteiger charge is -2.43. The molecule has 1 rings (SSSR count). The van der Waals surface area contributed by atoms with E-state index in [0.29, 0.717) is 44.9 Å². The molecule has 68 heavy (non-hydrogen) atoms. The van der Waals surface area contributed by atoms with E-state index in [4.69, 9.17) is 18.5 Å². The number of carbonyl (C=O) groups is 2. The zero-order valence-corrected chi connectivity index (χ0v) is 41.4. The second-order valence-corrected chi connectivity index (χ2v) is 18.5. The summed E-state index contributed by atoms with van der Waals surface area (Å²) in [5, 5.41) is 51.2. The molecule has 0 radical (unpaired) electrons. The maximum absolute atomic E-state index is 13.0. The van der Waals surface area contributed by atoms with Crippen LogP contribution < -0.4 is 0 Å². The Labute approximate surface area is 402 Å². The summed E-state index contributed by atoms with van der Waals surface area (Å²) in [4.78, 5) is 54.2. The van der Waals surface area contributed by atoms with Crippen molar-refractivity contribution in [3.63, 3.8) is 0 Å². The Morgan fingerprint density at radius 2 is 1.09 bits per heavy atom. The maximum atomic E-state index is 13.0. The van der Waals surface area contributed by atoms with Crippen molar-refractivity contribution in [3.8, 4) is 0 Å². The van der Waals surface area contributed by atoms with Gasteiger partial charge in [0.15, 0.2) is 6.10 Å². The number of aliphatic hydroxyl groups is 5. The van der Waals surface area contributed by atoms with E-state index in [-0.39, 0.29) is 12.8 Å². The Balaban J connectivity index is 2.70. The number of phosphoric acid groups is 2. The quantitative estimate of drug-likeness (QED) is 0.00965. The fraction of sp³-hybridized carbons (Fsp3) is 0.592. The molecule has 0 bridgehead atoms. The summed E-state index contributed by atoms with van der Waals surface area (Å²) in [5.41, 5.74) is 0. The summed E-state index contributed by atoms with van der Waals surface area (Å²) in [7, 11) is -10.7. The maximum Gasteiger partial charge on any atom is 0.472 e. The summed E-state index contributed by atoms with van der Waals surface area (Å²) in [5.74, 6) is -1.39. The smallest absolute Gasteiger partial charge is 0.462 e. The first-order valence-electron chi connectivity index (χ1n) is 23.5. The van der Waals surface area contributed by atoms with Crippen molar-refractivity contribution in [2.24, 2.45) is 0 Å². The van der Waals surface area contributed by atoms with Gasteiger partial charge in [-0.15, -0.1) is 0 Å². The van der Waals surface area contributed by atoms with Crippen LogP contribution in [0.15, 0.2) is 109 Å². The normalized spacial score (nSPS) is 22.7. The Hall–Kier alpha value is -3.38. The predicted octanol–water partition coefficient (Wildman–Crippen LogP) is 7.92. The van der Waals surface area contributed by atoms with Crippen LogP contribution in [0, 0.1) is 0 Å². The minimum atomic E-state index is -5.39. The number of carbonyl (C=O) groups excluding carboxylic acids is 2. The van der Waals surface area contributed by atoms with Gasteiger partial charge in [-0.05, 0) is 83.5 Å². The van der Waals surface area contributed by atoms with Gasteiger partial charge in [0, 0.05) is 12.8 Å². The number of phosphoric ester groups is 2. The fourth-order valence-electron chi connectivity index (χ4n) is 6.26. The molecule has 0 aliphatic heterocycles. The summed E-state index contributed by atoms with van der Waals surface area (Å²) in [6.45, 7) is 2.78. The number of aliphatic hydroxyl groups excluding tert-OH is 5. The predicted molar refractivity (Wildman–Crippen MR) is 261 cm³/mol. The van der Waals surface area contributed by atoms with Gasteiger partial charge in [-0.3, -0.25) is 23.2 Å². The van der Waals surface area contributed by atoms with Crippen molar-refractivity contribution in [1.29, 1.82) is 0 Å². The molecule has 0 amide bonds. The van der Waals surface area contributed by atoms with Crippen molar-refractivity contribution in [2.75, 3.05) is 13.2 Å². The van der Waals surface area contributed by atoms with Crippen molar-refractivity contribution in [1.82, 2.24) is 0 Å². The third-order valence-electron chi connectivity index (χ3n) is 9.92. The van der Waals surface area contributed by atoms with Crippen LogP contribution in [0.4, 0.5) is 0 Å². The van der Waals surface area contributed by atoms with E-state index < -0.39 is 89.6 Å². The van der Waals surface area contributed by atoms with Gasteiger partial charge < -0.3 is 49.7 Å². The molecule has 17 nitrogen and oxygen atoms in total. The Morgan fingerprint density at radius 1 is 0.559 bits per heavy atom. The fourth-order valence-corrected chi connectivity index (χ4v) is 7.80. The lowest BCUT2D eigenvalue weighted by molar-refractivity contribution is -0.216. The number of esters is 2. The molecule has 0 saturated heterocycles. The molecule has 1 aliphatic rings. The van der Waals surface area contributed by atoms with Crippen LogP contribution in [0.5, 0.6) is 0 Å². The second-order valence-electron chi connectivity index (χ2n) is 15.9. The molecular formula is C49H78O17P2. The first kappa shape index (κ1) is 62.6. The third-order valence-corrected chi connectivity index (χ3v) is 11.4. The van der Waals surface area contributed by atoms with E-state index in [1.165, 1.54) is 19.3 Å². The first-order chi connectivity index (χ1) is 32.5. The van der Waals surface area contributed by atoms with E-state index >= 15 is 0 Å². The SMILES string of the molecule is CC/C=C\C/C=C\CC(O)/C=C/C=C\C/C=C\C/C=C\CCC(=O)OC[C@H](COP(=O)(O)O[C@H]1C(O)C(O)C(O)[C@@H](OP(=O)(O)O)C1O)OC(=O)CCCC/C=C\C/C=C\C/C=C\CCCCC. The molecule has 386 valence electrons. The van der Waals surface area contributed by atoms with Gasteiger partial charge in [0.05, 0.1) is 12.7 Å². The highest BCUT2D eigenvalue weighted by Crippen LogP contribution is 2.49. The molecule has 8 N–H and O–H groups in total. The molecule has 19 heteroatoms. The van der Waals surface area contributed by atoms with E-state index in [9.17, 15) is 58.9 Å². The van der Waals surface area contributed by atoms with Crippen LogP contribution in [0.3, 0.4) is 0 Å². The number of unbranched alkanes of at least 4 members (excludes halogenated alkanes) is 5. The number of allylic oxidation sites excluding steroid dienone is 16. The molecule has 0 aromatic rings. The van der Waals surface area contributed by atoms with E-state index in [1.54, 1.807) is 18.2 Å². The van der Waals surface area contributed by atoms with Crippen molar-refractivity contribution in [3.05, 3.63) is 109 Å². The van der Waals surface area contributed by atoms with E-state index in [2.05, 4.69) is 54.8 Å². The van der Waals surface area contributed by atoms with Crippen LogP contribution in [-0.2, 0) is 41.8 Å². The molecule has 1 saturated carbocycles. The van der Waals surface area contributed by atoms with Crippen LogP contribution in [0.25, 0.3) is 0 Å². The Bertz CT molecular complexity index is 1750. The van der Waals surface area contributed by atoms with E-state index in [1.807, 2.05) is 54.7 Å². The zero-order chi connectivity index (χ0) is 50.5. The Morgan fingerprint density at radius 3 is 1.68 bits per heavy atom. The largest absolute Gasteiger partial charge is 0.472 e. The summed E-state index contributed by atoms with van der Waals surface area (Å²) < 4.78 is 49.2. The van der Waals surface area contributed by atoms with Gasteiger partial charge >= 0.3 is 27.6 Å². The van der Waals surface area contributed by atoms with Crippen molar-refractivity contribution >= 4 is 27.6 Å². The highest BCUT2D eigenvalue weighted by Gasteiger charge is 2.54. The molecule has 0 spiro atoms. The highest BCUT2D eigenvalue weighted by atomic mass is 31.2. The van der Waals surface area contributed by atoms with Gasteiger partial charge in [0.2, 0.25) is 0 Å². The minimum absolute atomic E-state index is 0.0375. The minimum Gasteiger partial charge on any atom is -0.462 e. The summed E-state index contributed by atoms with van der Waals surface area (Å²) in [6, 6.07) is 0. The first-order valence-corrected chi connectivity index (χ1v) is 26.6. The lowest BCUT2D eigenvalue weighted by atomic mass is 9.85.